The van der Waals surface area contributed by atoms with Gasteiger partial charge in [0.1, 0.15) is 5.82 Å². The van der Waals surface area contributed by atoms with Crippen LogP contribution in [-0.2, 0) is 6.42 Å². The minimum Gasteiger partial charge on any atom is -0.364 e. The predicted octanol–water partition coefficient (Wildman–Crippen LogP) is 1.57. The Labute approximate surface area is 103 Å². The molecule has 2 aromatic heterocycles. The second-order valence-corrected chi connectivity index (χ2v) is 4.51. The molecular formula is C11H12N4OS. The zero-order valence-corrected chi connectivity index (χ0v) is 10.4. The maximum absolute atomic E-state index is 11.1. The van der Waals surface area contributed by atoms with Crippen LogP contribution >= 0.6 is 11.3 Å². The molecule has 0 aliphatic carbocycles. The fraction of sp³-hybridized carbons (Fsp3) is 0.273. The summed E-state index contributed by atoms with van der Waals surface area (Å²) in [5, 5.41) is 0.314. The van der Waals surface area contributed by atoms with Crippen molar-refractivity contribution in [1.82, 2.24) is 15.0 Å². The number of rotatable bonds is 3. The van der Waals surface area contributed by atoms with Crippen molar-refractivity contribution in [2.75, 3.05) is 0 Å². The number of aryl methyl sites for hydroxylation is 2. The first-order valence-corrected chi connectivity index (χ1v) is 6.03. The summed E-state index contributed by atoms with van der Waals surface area (Å²) in [6.45, 7) is 3.83. The molecule has 0 aliphatic heterocycles. The van der Waals surface area contributed by atoms with Crippen molar-refractivity contribution in [3.63, 3.8) is 0 Å². The van der Waals surface area contributed by atoms with E-state index in [4.69, 9.17) is 5.73 Å². The third kappa shape index (κ3) is 2.31. The van der Waals surface area contributed by atoms with E-state index in [0.29, 0.717) is 5.01 Å². The molecule has 2 aromatic rings. The van der Waals surface area contributed by atoms with Crippen LogP contribution in [-0.4, -0.2) is 20.9 Å². The zero-order chi connectivity index (χ0) is 12.4. The number of carbonyl (C=O) groups excluding carboxylic acids is 1. The summed E-state index contributed by atoms with van der Waals surface area (Å²) in [5.41, 5.74) is 6.77. The van der Waals surface area contributed by atoms with E-state index in [1.807, 2.05) is 19.9 Å². The van der Waals surface area contributed by atoms with Gasteiger partial charge in [-0.3, -0.25) is 4.79 Å². The molecule has 0 radical (unpaired) electrons. The minimum atomic E-state index is -0.505. The van der Waals surface area contributed by atoms with Crippen molar-refractivity contribution >= 4 is 17.2 Å². The highest BCUT2D eigenvalue weighted by Crippen LogP contribution is 2.28. The monoisotopic (exact) mass is 248 g/mol. The molecule has 88 valence electrons. The van der Waals surface area contributed by atoms with E-state index < -0.39 is 5.91 Å². The molecule has 17 heavy (non-hydrogen) atoms. The first kappa shape index (κ1) is 11.7. The van der Waals surface area contributed by atoms with Crippen LogP contribution in [0, 0.1) is 6.92 Å². The Kier molecular flexibility index (Phi) is 3.14. The fourth-order valence-corrected chi connectivity index (χ4v) is 2.32. The van der Waals surface area contributed by atoms with Crippen LogP contribution in [0.15, 0.2) is 12.3 Å². The van der Waals surface area contributed by atoms with Gasteiger partial charge >= 0.3 is 0 Å². The number of nitrogens with two attached hydrogens (primary N) is 1. The van der Waals surface area contributed by atoms with E-state index in [0.717, 1.165) is 28.5 Å². The second-order valence-electron chi connectivity index (χ2n) is 3.51. The average Bonchev–Trinajstić information content (AvgIpc) is 2.72. The highest BCUT2D eigenvalue weighted by molar-refractivity contribution is 7.17. The van der Waals surface area contributed by atoms with Gasteiger partial charge < -0.3 is 5.73 Å². The lowest BCUT2D eigenvalue weighted by atomic mass is 10.3. The predicted molar refractivity (Wildman–Crippen MR) is 65.8 cm³/mol. The van der Waals surface area contributed by atoms with Crippen molar-refractivity contribution in [2.45, 2.75) is 20.3 Å². The smallest absolute Gasteiger partial charge is 0.277 e. The molecular weight excluding hydrogens is 236 g/mol. The number of hydrogen-bond donors (Lipinski definition) is 1. The standard InChI is InChI=1S/C11H12N4OS/c1-3-8-13-5-4-7(15-8)9-6(2)14-11(17-9)10(12)16/h4-5H,3H2,1-2H3,(H2,12,16). The summed E-state index contributed by atoms with van der Waals surface area (Å²) < 4.78 is 0. The Morgan fingerprint density at radius 1 is 1.47 bits per heavy atom. The molecule has 0 aliphatic rings. The second kappa shape index (κ2) is 4.58. The largest absolute Gasteiger partial charge is 0.364 e. The molecule has 5 nitrogen and oxygen atoms in total. The van der Waals surface area contributed by atoms with Crippen LogP contribution in [0.2, 0.25) is 0 Å². The van der Waals surface area contributed by atoms with Gasteiger partial charge in [0.25, 0.3) is 5.91 Å². The van der Waals surface area contributed by atoms with Gasteiger partial charge in [-0.25, -0.2) is 15.0 Å². The molecule has 0 fully saturated rings. The molecule has 2 rings (SSSR count). The summed E-state index contributed by atoms with van der Waals surface area (Å²) in [6, 6.07) is 1.81. The lowest BCUT2D eigenvalue weighted by Gasteiger charge is -1.99. The molecule has 0 aromatic carbocycles. The van der Waals surface area contributed by atoms with Gasteiger partial charge in [-0.05, 0) is 13.0 Å². The van der Waals surface area contributed by atoms with Gasteiger partial charge in [0.2, 0.25) is 0 Å². The lowest BCUT2D eigenvalue weighted by Crippen LogP contribution is -2.10. The average molecular weight is 248 g/mol. The van der Waals surface area contributed by atoms with E-state index in [2.05, 4.69) is 15.0 Å². The van der Waals surface area contributed by atoms with Gasteiger partial charge in [0, 0.05) is 12.6 Å². The quantitative estimate of drug-likeness (QED) is 0.893. The van der Waals surface area contributed by atoms with Crippen LogP contribution in [0.1, 0.15) is 28.2 Å². The van der Waals surface area contributed by atoms with Crippen molar-refractivity contribution in [3.8, 4) is 10.6 Å². The minimum absolute atomic E-state index is 0.314. The first-order chi connectivity index (χ1) is 8.11. The van der Waals surface area contributed by atoms with Crippen LogP contribution in [0.25, 0.3) is 10.6 Å². The molecule has 6 heteroatoms. The summed E-state index contributed by atoms with van der Waals surface area (Å²) in [7, 11) is 0. The Bertz CT molecular complexity index is 564. The van der Waals surface area contributed by atoms with Gasteiger partial charge in [-0.2, -0.15) is 0 Å². The molecule has 2 N–H and O–H groups in total. The number of amides is 1. The van der Waals surface area contributed by atoms with E-state index in [1.165, 1.54) is 11.3 Å². The molecule has 1 amide bonds. The van der Waals surface area contributed by atoms with Crippen molar-refractivity contribution in [2.24, 2.45) is 5.73 Å². The fourth-order valence-electron chi connectivity index (χ4n) is 1.44. The zero-order valence-electron chi connectivity index (χ0n) is 9.60. The number of primary amides is 1. The molecule has 0 atom stereocenters. The van der Waals surface area contributed by atoms with E-state index in [1.54, 1.807) is 6.20 Å². The summed E-state index contributed by atoms with van der Waals surface area (Å²) in [6.07, 6.45) is 2.48. The van der Waals surface area contributed by atoms with Crippen LogP contribution < -0.4 is 5.73 Å². The number of hydrogen-bond acceptors (Lipinski definition) is 5. The molecule has 0 saturated carbocycles. The molecule has 0 spiro atoms. The van der Waals surface area contributed by atoms with Crippen molar-refractivity contribution in [3.05, 3.63) is 28.8 Å². The van der Waals surface area contributed by atoms with E-state index in [9.17, 15) is 4.79 Å². The maximum Gasteiger partial charge on any atom is 0.277 e. The Balaban J connectivity index is 2.48. The van der Waals surface area contributed by atoms with Crippen molar-refractivity contribution < 1.29 is 4.79 Å². The maximum atomic E-state index is 11.1. The molecule has 2 heterocycles. The molecule has 0 saturated heterocycles. The lowest BCUT2D eigenvalue weighted by molar-refractivity contribution is 0.1000. The number of nitrogens with zero attached hydrogens (tertiary/aromatic N) is 3. The van der Waals surface area contributed by atoms with Crippen LogP contribution in [0.5, 0.6) is 0 Å². The van der Waals surface area contributed by atoms with Crippen LogP contribution in [0.3, 0.4) is 0 Å². The van der Waals surface area contributed by atoms with Gasteiger partial charge in [0.15, 0.2) is 5.01 Å². The van der Waals surface area contributed by atoms with E-state index >= 15 is 0 Å². The molecule has 0 bridgehead atoms. The van der Waals surface area contributed by atoms with Crippen LogP contribution in [0.4, 0.5) is 0 Å². The summed E-state index contributed by atoms with van der Waals surface area (Å²) >= 11 is 1.26. The normalized spacial score (nSPS) is 10.5. The topological polar surface area (TPSA) is 81.8 Å². The Morgan fingerprint density at radius 2 is 2.24 bits per heavy atom. The van der Waals surface area contributed by atoms with Gasteiger partial charge in [0.05, 0.1) is 16.3 Å². The SMILES string of the molecule is CCc1nccc(-c2sc(C(N)=O)nc2C)n1. The number of carbonyl (C=O) groups is 1. The first-order valence-electron chi connectivity index (χ1n) is 5.21. The summed E-state index contributed by atoms with van der Waals surface area (Å²) in [4.78, 5) is 24.6. The van der Waals surface area contributed by atoms with Gasteiger partial charge in [-0.15, -0.1) is 11.3 Å². The third-order valence-corrected chi connectivity index (χ3v) is 3.46. The number of aromatic nitrogens is 3. The van der Waals surface area contributed by atoms with E-state index in [-0.39, 0.29) is 0 Å². The number of thiazole rings is 1. The molecule has 0 unspecified atom stereocenters. The third-order valence-electron chi connectivity index (χ3n) is 2.26. The Morgan fingerprint density at radius 3 is 2.82 bits per heavy atom. The highest BCUT2D eigenvalue weighted by atomic mass is 32.1. The van der Waals surface area contributed by atoms with Gasteiger partial charge in [-0.1, -0.05) is 6.92 Å². The highest BCUT2D eigenvalue weighted by Gasteiger charge is 2.14. The summed E-state index contributed by atoms with van der Waals surface area (Å²) in [5.74, 6) is 0.269. The van der Waals surface area contributed by atoms with Crippen molar-refractivity contribution in [1.29, 1.82) is 0 Å². The Hall–Kier alpha value is -1.82.